The zero-order valence-corrected chi connectivity index (χ0v) is 16.2. The molecule has 1 aliphatic rings. The monoisotopic (exact) mass is 372 g/mol. The maximum Gasteiger partial charge on any atom is 0.229 e. The van der Waals surface area contributed by atoms with E-state index in [1.54, 1.807) is 4.90 Å². The van der Waals surface area contributed by atoms with Gasteiger partial charge < -0.3 is 10.2 Å². The van der Waals surface area contributed by atoms with Crippen LogP contribution in [-0.4, -0.2) is 24.4 Å². The molecule has 1 saturated heterocycles. The fraction of sp³-hybridized carbons (Fsp3) is 0.250. The van der Waals surface area contributed by atoms with Gasteiger partial charge in [0.05, 0.1) is 12.5 Å². The highest BCUT2D eigenvalue weighted by molar-refractivity contribution is 5.97. The number of anilines is 1. The molecule has 0 saturated carbocycles. The number of carbonyl (C=O) groups is 2. The Balaban J connectivity index is 1.44. The molecule has 0 aromatic heterocycles. The van der Waals surface area contributed by atoms with Gasteiger partial charge in [0.15, 0.2) is 0 Å². The summed E-state index contributed by atoms with van der Waals surface area (Å²) in [7, 11) is 0. The molecule has 4 rings (SSSR count). The zero-order valence-electron chi connectivity index (χ0n) is 16.2. The van der Waals surface area contributed by atoms with E-state index in [-0.39, 0.29) is 17.9 Å². The lowest BCUT2D eigenvalue weighted by atomic mass is 10.0. The van der Waals surface area contributed by atoms with Gasteiger partial charge >= 0.3 is 0 Å². The highest BCUT2D eigenvalue weighted by Crippen LogP contribution is 2.24. The highest BCUT2D eigenvalue weighted by Gasteiger charge is 2.31. The minimum absolute atomic E-state index is 0.0453. The Kier molecular flexibility index (Phi) is 4.86. The van der Waals surface area contributed by atoms with E-state index in [1.165, 1.54) is 5.56 Å². The third-order valence-corrected chi connectivity index (χ3v) is 5.52. The summed E-state index contributed by atoms with van der Waals surface area (Å²) in [5.74, 6) is 0.00908. The molecule has 3 aromatic rings. The molecule has 28 heavy (non-hydrogen) atoms. The lowest BCUT2D eigenvalue weighted by molar-refractivity contribution is -0.121. The first-order chi connectivity index (χ1) is 13.5. The van der Waals surface area contributed by atoms with Gasteiger partial charge in [0.25, 0.3) is 0 Å². The molecule has 3 aromatic carbocycles. The molecular weight excluding hydrogens is 348 g/mol. The minimum atomic E-state index is -0.156. The predicted molar refractivity (Wildman–Crippen MR) is 112 cm³/mol. The maximum absolute atomic E-state index is 12.6. The Bertz CT molecular complexity index is 1050. The van der Waals surface area contributed by atoms with E-state index >= 15 is 0 Å². The van der Waals surface area contributed by atoms with Crippen LogP contribution in [0.25, 0.3) is 10.8 Å². The summed E-state index contributed by atoms with van der Waals surface area (Å²) >= 11 is 0. The largest absolute Gasteiger partial charge is 0.351 e. The van der Waals surface area contributed by atoms with Crippen molar-refractivity contribution in [1.82, 2.24) is 5.32 Å². The molecule has 142 valence electrons. The molecule has 0 unspecified atom stereocenters. The number of aryl methyl sites for hydroxylation is 2. The van der Waals surface area contributed by atoms with E-state index in [0.29, 0.717) is 19.4 Å². The van der Waals surface area contributed by atoms with Crippen LogP contribution in [0.15, 0.2) is 60.7 Å². The summed E-state index contributed by atoms with van der Waals surface area (Å²) < 4.78 is 0. The SMILES string of the molecule is Cc1ccc(N2C[C@@H](NC(=O)Cc3cccc4ccccc34)CC2=O)cc1C. The molecule has 0 bridgehead atoms. The van der Waals surface area contributed by atoms with Crippen molar-refractivity contribution in [2.75, 3.05) is 11.4 Å². The second kappa shape index (κ2) is 7.47. The van der Waals surface area contributed by atoms with Crippen LogP contribution in [-0.2, 0) is 16.0 Å². The van der Waals surface area contributed by atoms with E-state index in [1.807, 2.05) is 67.6 Å². The number of hydrogen-bond donors (Lipinski definition) is 1. The van der Waals surface area contributed by atoms with Crippen LogP contribution in [0.2, 0.25) is 0 Å². The number of hydrogen-bond acceptors (Lipinski definition) is 2. The first-order valence-electron chi connectivity index (χ1n) is 9.65. The van der Waals surface area contributed by atoms with Crippen LogP contribution in [0, 0.1) is 13.8 Å². The third kappa shape index (κ3) is 3.63. The van der Waals surface area contributed by atoms with Crippen molar-refractivity contribution in [3.8, 4) is 0 Å². The Morgan fingerprint density at radius 2 is 1.82 bits per heavy atom. The van der Waals surface area contributed by atoms with Crippen molar-refractivity contribution in [3.63, 3.8) is 0 Å². The summed E-state index contributed by atoms with van der Waals surface area (Å²) in [6.45, 7) is 4.62. The van der Waals surface area contributed by atoms with E-state index in [9.17, 15) is 9.59 Å². The van der Waals surface area contributed by atoms with Gasteiger partial charge in [0.1, 0.15) is 0 Å². The third-order valence-electron chi connectivity index (χ3n) is 5.52. The van der Waals surface area contributed by atoms with Gasteiger partial charge in [0, 0.05) is 18.7 Å². The van der Waals surface area contributed by atoms with Crippen molar-refractivity contribution >= 4 is 28.3 Å². The average molecular weight is 372 g/mol. The molecule has 1 aliphatic heterocycles. The predicted octanol–water partition coefficient (Wildman–Crippen LogP) is 3.92. The molecule has 1 heterocycles. The van der Waals surface area contributed by atoms with Crippen molar-refractivity contribution in [1.29, 1.82) is 0 Å². The molecule has 1 atom stereocenters. The van der Waals surface area contributed by atoms with Crippen LogP contribution >= 0.6 is 0 Å². The second-order valence-corrected chi connectivity index (χ2v) is 7.56. The quantitative estimate of drug-likeness (QED) is 0.755. The van der Waals surface area contributed by atoms with Crippen LogP contribution < -0.4 is 10.2 Å². The van der Waals surface area contributed by atoms with Crippen molar-refractivity contribution in [2.45, 2.75) is 32.7 Å². The molecule has 2 amide bonds. The number of carbonyl (C=O) groups excluding carboxylic acids is 2. The minimum Gasteiger partial charge on any atom is -0.351 e. The molecule has 1 fully saturated rings. The number of rotatable bonds is 4. The Morgan fingerprint density at radius 1 is 1.04 bits per heavy atom. The van der Waals surface area contributed by atoms with Gasteiger partial charge in [-0.05, 0) is 53.4 Å². The van der Waals surface area contributed by atoms with Gasteiger partial charge in [0.2, 0.25) is 11.8 Å². The Morgan fingerprint density at radius 3 is 2.64 bits per heavy atom. The summed E-state index contributed by atoms with van der Waals surface area (Å²) in [6, 6.07) is 20.0. The fourth-order valence-corrected chi connectivity index (χ4v) is 3.85. The molecular formula is C24H24N2O2. The molecule has 1 N–H and O–H groups in total. The van der Waals surface area contributed by atoms with Crippen LogP contribution in [0.5, 0.6) is 0 Å². The van der Waals surface area contributed by atoms with Gasteiger partial charge in [-0.25, -0.2) is 0 Å². The highest BCUT2D eigenvalue weighted by atomic mass is 16.2. The van der Waals surface area contributed by atoms with E-state index in [0.717, 1.165) is 27.6 Å². The van der Waals surface area contributed by atoms with Gasteiger partial charge in [-0.1, -0.05) is 48.5 Å². The first-order valence-corrected chi connectivity index (χ1v) is 9.65. The first kappa shape index (κ1) is 18.2. The standard InChI is InChI=1S/C24H24N2O2/c1-16-10-11-21(12-17(16)2)26-15-20(14-24(26)28)25-23(27)13-19-8-5-7-18-6-3-4-9-22(18)19/h3-12,20H,13-15H2,1-2H3,(H,25,27)/t20-/m0/s1. The van der Waals surface area contributed by atoms with Crippen LogP contribution in [0.1, 0.15) is 23.1 Å². The number of amides is 2. The average Bonchev–Trinajstić information content (AvgIpc) is 3.04. The normalized spacial score (nSPS) is 16.6. The molecule has 0 aliphatic carbocycles. The molecule has 4 nitrogen and oxygen atoms in total. The van der Waals surface area contributed by atoms with E-state index < -0.39 is 0 Å². The molecule has 4 heteroatoms. The smallest absolute Gasteiger partial charge is 0.229 e. The van der Waals surface area contributed by atoms with Gasteiger partial charge in [-0.2, -0.15) is 0 Å². The zero-order chi connectivity index (χ0) is 19.7. The summed E-state index contributed by atoms with van der Waals surface area (Å²) in [5.41, 5.74) is 4.27. The van der Waals surface area contributed by atoms with E-state index in [4.69, 9.17) is 0 Å². The van der Waals surface area contributed by atoms with Gasteiger partial charge in [-0.3, -0.25) is 9.59 Å². The molecule has 0 radical (unpaired) electrons. The lowest BCUT2D eigenvalue weighted by Crippen LogP contribution is -2.38. The van der Waals surface area contributed by atoms with Crippen molar-refractivity contribution in [3.05, 3.63) is 77.4 Å². The number of fused-ring (bicyclic) bond motifs is 1. The maximum atomic E-state index is 12.6. The Labute approximate surface area is 165 Å². The number of nitrogens with zero attached hydrogens (tertiary/aromatic N) is 1. The fourth-order valence-electron chi connectivity index (χ4n) is 3.85. The number of nitrogens with one attached hydrogen (secondary N) is 1. The summed E-state index contributed by atoms with van der Waals surface area (Å²) in [6.07, 6.45) is 0.657. The van der Waals surface area contributed by atoms with Crippen LogP contribution in [0.4, 0.5) is 5.69 Å². The number of benzene rings is 3. The topological polar surface area (TPSA) is 49.4 Å². The lowest BCUT2D eigenvalue weighted by Gasteiger charge is -2.18. The second-order valence-electron chi connectivity index (χ2n) is 7.56. The van der Waals surface area contributed by atoms with Crippen LogP contribution in [0.3, 0.4) is 0 Å². The van der Waals surface area contributed by atoms with E-state index in [2.05, 4.69) is 12.2 Å². The van der Waals surface area contributed by atoms with Crippen molar-refractivity contribution < 1.29 is 9.59 Å². The van der Waals surface area contributed by atoms with Crippen molar-refractivity contribution in [2.24, 2.45) is 0 Å². The summed E-state index contributed by atoms with van der Waals surface area (Å²) in [5, 5.41) is 5.27. The summed E-state index contributed by atoms with van der Waals surface area (Å²) in [4.78, 5) is 26.9. The Hall–Kier alpha value is -3.14. The molecule has 0 spiro atoms. The van der Waals surface area contributed by atoms with Gasteiger partial charge in [-0.15, -0.1) is 0 Å².